The van der Waals surface area contributed by atoms with Crippen LogP contribution < -0.4 is 10.5 Å². The van der Waals surface area contributed by atoms with Crippen LogP contribution in [0.3, 0.4) is 0 Å². The number of unbranched alkanes of at least 4 members (excludes halogenated alkanes) is 1. The zero-order valence-corrected chi connectivity index (χ0v) is 22.6. The molecule has 3 nitrogen and oxygen atoms in total. The number of nitrogens with two attached hydrogens (primary N) is 1. The second-order valence-electron chi connectivity index (χ2n) is 8.23. The number of aryl methyl sites for hydroxylation is 3. The summed E-state index contributed by atoms with van der Waals surface area (Å²) in [5.74, 6) is 6.95. The minimum absolute atomic E-state index is 0. The smallest absolute Gasteiger partial charge is 0.126 e. The second kappa shape index (κ2) is 12.6. The fourth-order valence-corrected chi connectivity index (χ4v) is 4.80. The third-order valence-corrected chi connectivity index (χ3v) is 7.04. The lowest BCUT2D eigenvalue weighted by molar-refractivity contribution is 0.412. The lowest BCUT2D eigenvalue weighted by Gasteiger charge is -2.12. The number of hydrogen-bond donors (Lipinski definition) is 1. The summed E-state index contributed by atoms with van der Waals surface area (Å²) in [4.78, 5) is 5.81. The Labute approximate surface area is 217 Å². The van der Waals surface area contributed by atoms with E-state index in [1.807, 2.05) is 38.1 Å². The highest BCUT2D eigenvalue weighted by atomic mass is 35.5. The normalized spacial score (nSPS) is 12.4. The summed E-state index contributed by atoms with van der Waals surface area (Å²) >= 11 is 8.04. The Hall–Kier alpha value is -2.10. The van der Waals surface area contributed by atoms with Crippen LogP contribution in [0.4, 0.5) is 4.39 Å². The topological polar surface area (TPSA) is 48.1 Å². The predicted molar refractivity (Wildman–Crippen MR) is 144 cm³/mol. The average Bonchev–Trinajstić information content (AvgIpc) is 3.18. The molecular weight excluding hydrogens is 490 g/mol. The van der Waals surface area contributed by atoms with Crippen LogP contribution in [0, 0.1) is 38.4 Å². The quantitative estimate of drug-likeness (QED) is 0.321. The molecule has 1 heterocycles. The van der Waals surface area contributed by atoms with Gasteiger partial charge in [-0.05, 0) is 62.1 Å². The molecule has 0 aliphatic rings. The summed E-state index contributed by atoms with van der Waals surface area (Å²) in [7, 11) is 1.63. The van der Waals surface area contributed by atoms with Crippen molar-refractivity contribution in [3.8, 4) is 28.8 Å². The number of ether oxygens (including phenoxy) is 1. The zero-order chi connectivity index (χ0) is 24.1. The van der Waals surface area contributed by atoms with Crippen molar-refractivity contribution in [1.29, 1.82) is 0 Å². The monoisotopic (exact) mass is 520 g/mol. The molecule has 34 heavy (non-hydrogen) atoms. The first-order valence-corrected chi connectivity index (χ1v) is 12.3. The number of rotatable bonds is 7. The van der Waals surface area contributed by atoms with E-state index in [1.165, 1.54) is 11.3 Å². The summed E-state index contributed by atoms with van der Waals surface area (Å²) in [5, 5.41) is 1.32. The Morgan fingerprint density at radius 3 is 2.53 bits per heavy atom. The Bertz CT molecular complexity index is 1200. The van der Waals surface area contributed by atoms with E-state index in [9.17, 15) is 4.39 Å². The van der Waals surface area contributed by atoms with Gasteiger partial charge in [0, 0.05) is 16.4 Å². The van der Waals surface area contributed by atoms with Crippen molar-refractivity contribution in [2.75, 3.05) is 7.11 Å². The molecule has 0 fully saturated rings. The first-order valence-electron chi connectivity index (χ1n) is 11.1. The third-order valence-electron chi connectivity index (χ3n) is 5.68. The van der Waals surface area contributed by atoms with Gasteiger partial charge >= 0.3 is 0 Å². The maximum atomic E-state index is 14.1. The van der Waals surface area contributed by atoms with Crippen LogP contribution in [0.1, 0.15) is 64.7 Å². The summed E-state index contributed by atoms with van der Waals surface area (Å²) in [6.45, 7) is 7.88. The summed E-state index contributed by atoms with van der Waals surface area (Å²) in [6.07, 6.45) is 2.93. The molecule has 1 aromatic heterocycles. The minimum atomic E-state index is -0.528. The maximum Gasteiger partial charge on any atom is 0.126 e. The summed E-state index contributed by atoms with van der Waals surface area (Å²) in [5.41, 5.74) is 10.6. The van der Waals surface area contributed by atoms with E-state index in [0.29, 0.717) is 10.6 Å². The van der Waals surface area contributed by atoms with Gasteiger partial charge in [0.25, 0.3) is 0 Å². The van der Waals surface area contributed by atoms with Crippen LogP contribution in [0.5, 0.6) is 5.75 Å². The molecule has 1 unspecified atom stereocenters. The molecule has 0 aliphatic carbocycles. The van der Waals surface area contributed by atoms with Crippen molar-refractivity contribution in [1.82, 2.24) is 4.98 Å². The lowest BCUT2D eigenvalue weighted by Crippen LogP contribution is -2.08. The van der Waals surface area contributed by atoms with Crippen LogP contribution in [0.15, 0.2) is 30.3 Å². The molecule has 0 bridgehead atoms. The Morgan fingerprint density at radius 2 is 1.88 bits per heavy atom. The second-order valence-corrected chi connectivity index (χ2v) is 9.87. The van der Waals surface area contributed by atoms with Crippen LogP contribution in [-0.4, -0.2) is 12.1 Å². The number of hydrogen-bond acceptors (Lipinski definition) is 4. The molecule has 2 N–H and O–H groups in total. The van der Waals surface area contributed by atoms with Crippen molar-refractivity contribution < 1.29 is 9.13 Å². The summed E-state index contributed by atoms with van der Waals surface area (Å²) in [6, 6.07) is 8.62. The number of thiazole rings is 1. The highest BCUT2D eigenvalue weighted by Crippen LogP contribution is 2.37. The van der Waals surface area contributed by atoms with Gasteiger partial charge in [-0.25, -0.2) is 9.37 Å². The molecule has 2 aromatic carbocycles. The molecule has 7 heteroatoms. The van der Waals surface area contributed by atoms with E-state index in [4.69, 9.17) is 27.1 Å². The molecule has 2 atom stereocenters. The van der Waals surface area contributed by atoms with Crippen molar-refractivity contribution in [2.45, 2.75) is 58.9 Å². The molecule has 0 spiro atoms. The highest BCUT2D eigenvalue weighted by Gasteiger charge is 2.18. The molecule has 182 valence electrons. The fraction of sp³-hybridized carbons (Fsp3) is 0.370. The van der Waals surface area contributed by atoms with E-state index in [1.54, 1.807) is 20.1 Å². The number of methoxy groups -OCH3 is 1. The average molecular weight is 522 g/mol. The van der Waals surface area contributed by atoms with E-state index >= 15 is 0 Å². The van der Waals surface area contributed by atoms with Gasteiger partial charge < -0.3 is 10.5 Å². The van der Waals surface area contributed by atoms with E-state index in [-0.39, 0.29) is 24.1 Å². The number of halogens is 3. The van der Waals surface area contributed by atoms with Gasteiger partial charge in [-0.1, -0.05) is 55.3 Å². The SMILES string of the molecule is CCCC[C@H](C#CC(N)c1nc(-c2cc(C)c(OC)cc2Cl)c(C)s1)c1ccc(C)c(F)c1.Cl. The van der Waals surface area contributed by atoms with Gasteiger partial charge in [-0.3, -0.25) is 0 Å². The molecule has 0 radical (unpaired) electrons. The lowest BCUT2D eigenvalue weighted by atomic mass is 9.93. The first-order chi connectivity index (χ1) is 15.7. The van der Waals surface area contributed by atoms with E-state index in [2.05, 4.69) is 18.8 Å². The Balaban J connectivity index is 0.00000408. The Kier molecular flexibility index (Phi) is 10.4. The summed E-state index contributed by atoms with van der Waals surface area (Å²) < 4.78 is 19.5. The molecule has 3 aromatic rings. The minimum Gasteiger partial charge on any atom is -0.496 e. The number of nitrogens with zero attached hydrogens (tertiary/aromatic N) is 1. The molecule has 0 aliphatic heterocycles. The molecular formula is C27H31Cl2FN2OS. The number of benzene rings is 2. The van der Waals surface area contributed by atoms with Crippen LogP contribution in [-0.2, 0) is 0 Å². The van der Waals surface area contributed by atoms with Crippen molar-refractivity contribution in [3.05, 3.63) is 67.7 Å². The fourth-order valence-electron chi connectivity index (χ4n) is 3.67. The predicted octanol–water partition coefficient (Wildman–Crippen LogP) is 7.94. The van der Waals surface area contributed by atoms with Crippen LogP contribution in [0.25, 0.3) is 11.3 Å². The molecule has 0 amide bonds. The Morgan fingerprint density at radius 1 is 1.15 bits per heavy atom. The third kappa shape index (κ3) is 6.52. The first kappa shape index (κ1) is 28.1. The van der Waals surface area contributed by atoms with Gasteiger partial charge in [0.1, 0.15) is 22.6 Å². The van der Waals surface area contributed by atoms with Gasteiger partial charge in [-0.2, -0.15) is 0 Å². The van der Waals surface area contributed by atoms with Crippen molar-refractivity contribution in [3.63, 3.8) is 0 Å². The molecule has 3 rings (SSSR count). The standard InChI is InChI=1S/C27H30ClFN2OS.ClH/c1-6-7-8-19(20-10-9-16(2)23(29)14-20)11-12-24(30)27-31-26(18(4)33-27)21-13-17(3)25(32-5)15-22(21)28;/h9-10,13-15,19,24H,6-8,30H2,1-5H3;1H/t19-,24?;/m1./s1. The van der Waals surface area contributed by atoms with Gasteiger partial charge in [0.2, 0.25) is 0 Å². The maximum absolute atomic E-state index is 14.1. The van der Waals surface area contributed by atoms with Crippen LogP contribution in [0.2, 0.25) is 5.02 Å². The largest absolute Gasteiger partial charge is 0.496 e. The molecule has 0 saturated heterocycles. The van der Waals surface area contributed by atoms with Crippen LogP contribution >= 0.6 is 35.3 Å². The highest BCUT2D eigenvalue weighted by molar-refractivity contribution is 7.12. The number of aromatic nitrogens is 1. The zero-order valence-electron chi connectivity index (χ0n) is 20.2. The van der Waals surface area contributed by atoms with E-state index in [0.717, 1.165) is 57.3 Å². The van der Waals surface area contributed by atoms with Gasteiger partial charge in [0.15, 0.2) is 0 Å². The van der Waals surface area contributed by atoms with Gasteiger partial charge in [-0.15, -0.1) is 23.7 Å². The van der Waals surface area contributed by atoms with Crippen molar-refractivity contribution >= 4 is 35.3 Å². The van der Waals surface area contributed by atoms with E-state index < -0.39 is 6.04 Å². The van der Waals surface area contributed by atoms with Gasteiger partial charge in [0.05, 0.1) is 17.8 Å². The molecule has 0 saturated carbocycles. The van der Waals surface area contributed by atoms with Crippen molar-refractivity contribution in [2.24, 2.45) is 5.73 Å².